The van der Waals surface area contributed by atoms with Crippen LogP contribution in [0.25, 0.3) is 0 Å². The fourth-order valence-electron chi connectivity index (χ4n) is 4.11. The van der Waals surface area contributed by atoms with Crippen LogP contribution in [0.4, 0.5) is 0 Å². The van der Waals surface area contributed by atoms with Gasteiger partial charge in [-0.3, -0.25) is 4.57 Å². The largest absolute Gasteiger partial charge is 0.404 e. The van der Waals surface area contributed by atoms with Gasteiger partial charge in [0.15, 0.2) is 0 Å². The number of benzene rings is 2. The molecule has 0 radical (unpaired) electrons. The predicted octanol–water partition coefficient (Wildman–Crippen LogP) is 3.49. The van der Waals surface area contributed by atoms with Crippen molar-refractivity contribution in [1.29, 1.82) is 0 Å². The first kappa shape index (κ1) is 22.4. The van der Waals surface area contributed by atoms with Crippen LogP contribution in [0.2, 0.25) is 5.04 Å². The Morgan fingerprint density at radius 3 is 1.83 bits per heavy atom. The summed E-state index contributed by atoms with van der Waals surface area (Å²) in [6, 6.07) is 20.7. The molecule has 3 rings (SSSR count). The van der Waals surface area contributed by atoms with E-state index in [1.807, 2.05) is 43.3 Å². The quantitative estimate of drug-likeness (QED) is 0.491. The Morgan fingerprint density at radius 2 is 1.48 bits per heavy atom. The molecule has 7 heteroatoms. The van der Waals surface area contributed by atoms with E-state index < -0.39 is 27.9 Å². The second kappa shape index (κ2) is 8.10. The van der Waals surface area contributed by atoms with Gasteiger partial charge in [-0.2, -0.15) is 0 Å². The summed E-state index contributed by atoms with van der Waals surface area (Å²) >= 11 is 0. The van der Waals surface area contributed by atoms with Crippen molar-refractivity contribution in [1.82, 2.24) is 0 Å². The minimum Gasteiger partial charge on any atom is -0.404 e. The molecule has 2 unspecified atom stereocenters. The van der Waals surface area contributed by atoms with Gasteiger partial charge >= 0.3 is 7.60 Å². The normalized spacial score (nSPS) is 22.5. The first-order valence-electron chi connectivity index (χ1n) is 9.94. The highest BCUT2D eigenvalue weighted by atomic mass is 31.2. The maximum atomic E-state index is 11.4. The molecule has 29 heavy (non-hydrogen) atoms. The molecule has 158 valence electrons. The van der Waals surface area contributed by atoms with Crippen LogP contribution in [0.3, 0.4) is 0 Å². The molecule has 0 heterocycles. The van der Waals surface area contributed by atoms with Crippen LogP contribution in [0.15, 0.2) is 60.7 Å². The number of hydrogen-bond acceptors (Lipinski definition) is 3. The summed E-state index contributed by atoms with van der Waals surface area (Å²) in [4.78, 5) is 18.5. The van der Waals surface area contributed by atoms with Crippen molar-refractivity contribution in [3.8, 4) is 0 Å². The summed E-state index contributed by atoms with van der Waals surface area (Å²) < 4.78 is 24.0. The molecule has 0 aliphatic heterocycles. The average Bonchev–Trinajstić information content (AvgIpc) is 3.31. The lowest BCUT2D eigenvalue weighted by molar-refractivity contribution is 0.00495. The summed E-state index contributed by atoms with van der Waals surface area (Å²) in [5.74, 6) is 0.201. The van der Waals surface area contributed by atoms with Crippen molar-refractivity contribution in [2.45, 2.75) is 44.8 Å². The van der Waals surface area contributed by atoms with Gasteiger partial charge in [-0.1, -0.05) is 88.4 Å². The lowest BCUT2D eigenvalue weighted by atomic mass is 10.2. The van der Waals surface area contributed by atoms with Crippen molar-refractivity contribution in [2.75, 3.05) is 13.0 Å². The first-order valence-corrected chi connectivity index (χ1v) is 13.6. The molecule has 0 saturated heterocycles. The molecular weight excluding hydrogens is 403 g/mol. The smallest absolute Gasteiger partial charge is 0.351 e. The molecule has 1 aliphatic rings. The van der Waals surface area contributed by atoms with Gasteiger partial charge < -0.3 is 18.9 Å². The van der Waals surface area contributed by atoms with Crippen molar-refractivity contribution in [3.05, 3.63) is 60.7 Å². The Kier molecular flexibility index (Phi) is 6.26. The number of hydrogen-bond donors (Lipinski definition) is 2. The van der Waals surface area contributed by atoms with Crippen molar-refractivity contribution in [2.24, 2.45) is 5.92 Å². The Bertz CT molecular complexity index is 822. The van der Waals surface area contributed by atoms with Gasteiger partial charge in [0.1, 0.15) is 6.35 Å². The number of rotatable bonds is 8. The molecule has 0 spiro atoms. The third-order valence-electron chi connectivity index (χ3n) is 5.86. The van der Waals surface area contributed by atoms with E-state index in [0.717, 1.165) is 6.42 Å². The van der Waals surface area contributed by atoms with Gasteiger partial charge in [-0.05, 0) is 27.8 Å². The van der Waals surface area contributed by atoms with Gasteiger partial charge in [0.2, 0.25) is 0 Å². The molecule has 2 aromatic rings. The molecule has 2 atom stereocenters. The highest BCUT2D eigenvalue weighted by molar-refractivity contribution is 7.51. The van der Waals surface area contributed by atoms with E-state index in [1.54, 1.807) is 0 Å². The SMILES string of the molecule is CC1CC1(CO[Si](c1ccccc1)(c1ccccc1)C(C)(C)C)OCP(=O)(O)O. The van der Waals surface area contributed by atoms with Crippen LogP contribution in [-0.4, -0.2) is 36.7 Å². The zero-order chi connectivity index (χ0) is 21.3. The number of ether oxygens (including phenoxy) is 1. The fraction of sp³-hybridized carbons (Fsp3) is 0.455. The van der Waals surface area contributed by atoms with E-state index >= 15 is 0 Å². The second-order valence-electron chi connectivity index (χ2n) is 9.06. The Balaban J connectivity index is 1.99. The molecule has 1 fully saturated rings. The average molecular weight is 435 g/mol. The summed E-state index contributed by atoms with van der Waals surface area (Å²) in [5.41, 5.74) is -0.631. The van der Waals surface area contributed by atoms with Crippen molar-refractivity contribution >= 4 is 26.3 Å². The highest BCUT2D eigenvalue weighted by Crippen LogP contribution is 2.51. The zero-order valence-corrected chi connectivity index (χ0v) is 19.4. The molecular formula is C22H31O5PSi. The van der Waals surface area contributed by atoms with Crippen LogP contribution in [0.5, 0.6) is 0 Å². The van der Waals surface area contributed by atoms with Gasteiger partial charge in [0.05, 0.1) is 12.2 Å². The molecule has 1 aliphatic carbocycles. The van der Waals surface area contributed by atoms with E-state index in [2.05, 4.69) is 45.0 Å². The predicted molar refractivity (Wildman–Crippen MR) is 118 cm³/mol. The standard InChI is InChI=1S/C22H31O5PSi/c1-18-15-22(18,26-17-28(23,24)25)16-27-29(21(2,3)4,19-11-7-5-8-12-19)20-13-9-6-10-14-20/h5-14,18H,15-17H2,1-4H3,(H2,23,24,25). The highest BCUT2D eigenvalue weighted by Gasteiger charge is 2.57. The lowest BCUT2D eigenvalue weighted by Gasteiger charge is -2.43. The third kappa shape index (κ3) is 4.74. The summed E-state index contributed by atoms with van der Waals surface area (Å²) in [5, 5.41) is 2.20. The van der Waals surface area contributed by atoms with E-state index in [0.29, 0.717) is 6.61 Å². The van der Waals surface area contributed by atoms with Crippen LogP contribution >= 0.6 is 7.60 Å². The summed E-state index contributed by atoms with van der Waals surface area (Å²) in [7, 11) is -6.93. The Morgan fingerprint density at radius 1 is 1.03 bits per heavy atom. The minimum atomic E-state index is -4.23. The maximum absolute atomic E-state index is 11.4. The molecule has 1 saturated carbocycles. The van der Waals surface area contributed by atoms with E-state index in [-0.39, 0.29) is 11.0 Å². The zero-order valence-electron chi connectivity index (χ0n) is 17.5. The fourth-order valence-corrected chi connectivity index (χ4v) is 9.15. The topological polar surface area (TPSA) is 76.0 Å². The van der Waals surface area contributed by atoms with E-state index in [1.165, 1.54) is 10.4 Å². The van der Waals surface area contributed by atoms with Crippen LogP contribution in [0, 0.1) is 5.92 Å². The summed E-state index contributed by atoms with van der Waals surface area (Å²) in [6.07, 6.45) is 0.173. The maximum Gasteiger partial charge on any atom is 0.351 e. The molecule has 5 nitrogen and oxygen atoms in total. The van der Waals surface area contributed by atoms with E-state index in [9.17, 15) is 14.4 Å². The molecule has 2 aromatic carbocycles. The van der Waals surface area contributed by atoms with Gasteiger partial charge in [0.25, 0.3) is 8.32 Å². The van der Waals surface area contributed by atoms with Crippen molar-refractivity contribution in [3.63, 3.8) is 0 Å². The Labute approximate surface area is 174 Å². The molecule has 0 bridgehead atoms. The van der Waals surface area contributed by atoms with Crippen LogP contribution in [0.1, 0.15) is 34.1 Å². The first-order chi connectivity index (χ1) is 13.5. The Hall–Kier alpha value is -1.27. The molecule has 0 amide bonds. The lowest BCUT2D eigenvalue weighted by Crippen LogP contribution is -2.67. The van der Waals surface area contributed by atoms with Gasteiger partial charge in [0, 0.05) is 0 Å². The monoisotopic (exact) mass is 434 g/mol. The molecule has 2 N–H and O–H groups in total. The van der Waals surface area contributed by atoms with Gasteiger partial charge in [-0.25, -0.2) is 0 Å². The molecule has 0 aromatic heterocycles. The van der Waals surface area contributed by atoms with Gasteiger partial charge in [-0.15, -0.1) is 0 Å². The second-order valence-corrected chi connectivity index (χ2v) is 15.0. The third-order valence-corrected chi connectivity index (χ3v) is 11.3. The van der Waals surface area contributed by atoms with Crippen LogP contribution in [-0.2, 0) is 13.7 Å². The van der Waals surface area contributed by atoms with Crippen molar-refractivity contribution < 1.29 is 23.5 Å². The summed E-state index contributed by atoms with van der Waals surface area (Å²) in [6.45, 7) is 8.98. The minimum absolute atomic E-state index is 0.154. The van der Waals surface area contributed by atoms with Crippen LogP contribution < -0.4 is 10.4 Å². The van der Waals surface area contributed by atoms with E-state index in [4.69, 9.17) is 9.16 Å².